The summed E-state index contributed by atoms with van der Waals surface area (Å²) in [6.07, 6.45) is 0. The van der Waals surface area contributed by atoms with Gasteiger partial charge in [-0.3, -0.25) is 19.3 Å². The largest absolute Gasteiger partial charge is 0.324 e. The van der Waals surface area contributed by atoms with Crippen molar-refractivity contribution in [1.82, 2.24) is 4.90 Å². The van der Waals surface area contributed by atoms with Crippen LogP contribution in [0.3, 0.4) is 0 Å². The molecule has 3 amide bonds. The SMILES string of the molecule is CC(C)[C@@H](C(=O)Nc1cc(Cl)cc(Cl)c1)N1C(=O)C(Cl)=C(Cl)C1=O. The molecule has 1 heterocycles. The van der Waals surface area contributed by atoms with E-state index in [1.54, 1.807) is 13.8 Å². The third kappa shape index (κ3) is 3.70. The molecule has 128 valence electrons. The van der Waals surface area contributed by atoms with Crippen LogP contribution in [0.15, 0.2) is 28.3 Å². The monoisotopic (exact) mass is 408 g/mol. The van der Waals surface area contributed by atoms with Crippen molar-refractivity contribution in [2.45, 2.75) is 19.9 Å². The van der Waals surface area contributed by atoms with Crippen molar-refractivity contribution in [3.05, 3.63) is 38.3 Å². The smallest absolute Gasteiger partial charge is 0.274 e. The summed E-state index contributed by atoms with van der Waals surface area (Å²) in [5, 5.41) is 2.47. The Labute approximate surface area is 158 Å². The maximum absolute atomic E-state index is 12.6. The van der Waals surface area contributed by atoms with Crippen LogP contribution in [0.5, 0.6) is 0 Å². The molecule has 0 spiro atoms. The zero-order valence-electron chi connectivity index (χ0n) is 12.6. The number of amides is 3. The van der Waals surface area contributed by atoms with E-state index >= 15 is 0 Å². The minimum atomic E-state index is -1.09. The Kier molecular flexibility index (Phi) is 5.81. The second-order valence-electron chi connectivity index (χ2n) is 5.44. The van der Waals surface area contributed by atoms with Gasteiger partial charge < -0.3 is 5.32 Å². The predicted octanol–water partition coefficient (Wildman–Crippen LogP) is 4.01. The van der Waals surface area contributed by atoms with Crippen LogP contribution in [0, 0.1) is 5.92 Å². The molecule has 2 rings (SSSR count). The summed E-state index contributed by atoms with van der Waals surface area (Å²) >= 11 is 23.2. The first-order chi connectivity index (χ1) is 11.1. The van der Waals surface area contributed by atoms with E-state index in [0.29, 0.717) is 15.7 Å². The average molecular weight is 410 g/mol. The Morgan fingerprint density at radius 1 is 0.958 bits per heavy atom. The summed E-state index contributed by atoms with van der Waals surface area (Å²) in [7, 11) is 0. The number of halogens is 4. The average Bonchev–Trinajstić information content (AvgIpc) is 2.64. The number of carbonyl (C=O) groups is 3. The summed E-state index contributed by atoms with van der Waals surface area (Å²) in [6.45, 7) is 3.38. The van der Waals surface area contributed by atoms with Crippen molar-refractivity contribution in [3.63, 3.8) is 0 Å². The molecular weight excluding hydrogens is 398 g/mol. The van der Waals surface area contributed by atoms with E-state index < -0.39 is 33.8 Å². The molecule has 0 bridgehead atoms. The van der Waals surface area contributed by atoms with Crippen LogP contribution in [-0.4, -0.2) is 28.7 Å². The third-order valence-electron chi connectivity index (χ3n) is 3.31. The summed E-state index contributed by atoms with van der Waals surface area (Å²) < 4.78 is 0. The zero-order valence-corrected chi connectivity index (χ0v) is 15.6. The highest BCUT2D eigenvalue weighted by Gasteiger charge is 2.44. The highest BCUT2D eigenvalue weighted by atomic mass is 35.5. The Hall–Kier alpha value is -1.27. The van der Waals surface area contributed by atoms with Crippen molar-refractivity contribution >= 4 is 69.8 Å². The van der Waals surface area contributed by atoms with Crippen molar-refractivity contribution < 1.29 is 14.4 Å². The maximum atomic E-state index is 12.6. The van der Waals surface area contributed by atoms with Gasteiger partial charge in [-0.1, -0.05) is 60.3 Å². The Bertz CT molecular complexity index is 717. The fourth-order valence-corrected chi connectivity index (χ4v) is 3.17. The number of rotatable bonds is 4. The molecular formula is C15H12Cl4N2O3. The van der Waals surface area contributed by atoms with Crippen LogP contribution >= 0.6 is 46.4 Å². The summed E-state index contributed by atoms with van der Waals surface area (Å²) in [4.78, 5) is 37.7. The number of hydrogen-bond acceptors (Lipinski definition) is 3. The Morgan fingerprint density at radius 2 is 1.42 bits per heavy atom. The topological polar surface area (TPSA) is 66.5 Å². The minimum Gasteiger partial charge on any atom is -0.324 e. The molecule has 9 heteroatoms. The van der Waals surface area contributed by atoms with Gasteiger partial charge in [0.25, 0.3) is 11.8 Å². The van der Waals surface area contributed by atoms with Crippen molar-refractivity contribution in [3.8, 4) is 0 Å². The van der Waals surface area contributed by atoms with Gasteiger partial charge in [-0.05, 0) is 24.1 Å². The van der Waals surface area contributed by atoms with E-state index in [-0.39, 0.29) is 5.92 Å². The van der Waals surface area contributed by atoms with Gasteiger partial charge in [-0.25, -0.2) is 0 Å². The molecule has 1 aromatic carbocycles. The van der Waals surface area contributed by atoms with Gasteiger partial charge in [0.2, 0.25) is 5.91 Å². The van der Waals surface area contributed by atoms with E-state index in [1.165, 1.54) is 18.2 Å². The van der Waals surface area contributed by atoms with E-state index in [2.05, 4.69) is 5.32 Å². The van der Waals surface area contributed by atoms with Gasteiger partial charge >= 0.3 is 0 Å². The second kappa shape index (κ2) is 7.31. The molecule has 5 nitrogen and oxygen atoms in total. The van der Waals surface area contributed by atoms with Crippen LogP contribution in [0.4, 0.5) is 5.69 Å². The second-order valence-corrected chi connectivity index (χ2v) is 7.07. The summed E-state index contributed by atoms with van der Waals surface area (Å²) in [6, 6.07) is 3.41. The van der Waals surface area contributed by atoms with Crippen LogP contribution in [0.2, 0.25) is 10.0 Å². The number of nitrogens with one attached hydrogen (secondary N) is 1. The van der Waals surface area contributed by atoms with E-state index in [0.717, 1.165) is 4.90 Å². The number of imide groups is 1. The van der Waals surface area contributed by atoms with Crippen LogP contribution in [-0.2, 0) is 14.4 Å². The number of hydrogen-bond donors (Lipinski definition) is 1. The molecule has 1 N–H and O–H groups in total. The molecule has 0 saturated heterocycles. The Morgan fingerprint density at radius 3 is 1.83 bits per heavy atom. The first-order valence-corrected chi connectivity index (χ1v) is 8.34. The first-order valence-electron chi connectivity index (χ1n) is 6.83. The van der Waals surface area contributed by atoms with Crippen LogP contribution in [0.25, 0.3) is 0 Å². The van der Waals surface area contributed by atoms with Gasteiger partial charge in [0, 0.05) is 15.7 Å². The van der Waals surface area contributed by atoms with Crippen LogP contribution in [0.1, 0.15) is 13.8 Å². The Balaban J connectivity index is 2.30. The quantitative estimate of drug-likeness (QED) is 0.763. The summed E-state index contributed by atoms with van der Waals surface area (Å²) in [5.74, 6) is -2.56. The highest BCUT2D eigenvalue weighted by Crippen LogP contribution is 2.31. The molecule has 0 unspecified atom stereocenters. The van der Waals surface area contributed by atoms with Gasteiger partial charge in [0.1, 0.15) is 16.1 Å². The number of nitrogens with zero attached hydrogens (tertiary/aromatic N) is 1. The fourth-order valence-electron chi connectivity index (χ4n) is 2.30. The van der Waals surface area contributed by atoms with Gasteiger partial charge in [-0.2, -0.15) is 0 Å². The molecule has 0 saturated carbocycles. The predicted molar refractivity (Wildman–Crippen MR) is 94.3 cm³/mol. The van der Waals surface area contributed by atoms with Crippen LogP contribution < -0.4 is 5.32 Å². The van der Waals surface area contributed by atoms with E-state index in [9.17, 15) is 14.4 Å². The van der Waals surface area contributed by atoms with Gasteiger partial charge in [-0.15, -0.1) is 0 Å². The number of carbonyl (C=O) groups excluding carboxylic acids is 3. The molecule has 0 radical (unpaired) electrons. The maximum Gasteiger partial charge on any atom is 0.274 e. The third-order valence-corrected chi connectivity index (χ3v) is 4.55. The van der Waals surface area contributed by atoms with Gasteiger partial charge in [0.05, 0.1) is 0 Å². The van der Waals surface area contributed by atoms with Crippen molar-refractivity contribution in [2.24, 2.45) is 5.92 Å². The molecule has 0 aliphatic carbocycles. The fraction of sp³-hybridized carbons (Fsp3) is 0.267. The molecule has 1 atom stereocenters. The zero-order chi connectivity index (χ0) is 18.2. The molecule has 1 aliphatic heterocycles. The van der Waals surface area contributed by atoms with Crippen molar-refractivity contribution in [1.29, 1.82) is 0 Å². The lowest BCUT2D eigenvalue weighted by atomic mass is 10.0. The number of anilines is 1. The minimum absolute atomic E-state index is 0.333. The lowest BCUT2D eigenvalue weighted by Gasteiger charge is -2.28. The lowest BCUT2D eigenvalue weighted by molar-refractivity contribution is -0.145. The first kappa shape index (κ1) is 19.1. The van der Waals surface area contributed by atoms with E-state index in [1.807, 2.05) is 0 Å². The van der Waals surface area contributed by atoms with Gasteiger partial charge in [0.15, 0.2) is 0 Å². The standard InChI is InChI=1S/C15H12Cl4N2O3/c1-6(2)12(21-14(23)10(18)11(19)15(21)24)13(22)20-9-4-7(16)3-8(17)5-9/h3-6,12H,1-2H3,(H,20,22)/t12-/m0/s1. The molecule has 0 aromatic heterocycles. The molecule has 24 heavy (non-hydrogen) atoms. The lowest BCUT2D eigenvalue weighted by Crippen LogP contribution is -2.50. The molecule has 1 aromatic rings. The van der Waals surface area contributed by atoms with Crippen molar-refractivity contribution in [2.75, 3.05) is 5.32 Å². The van der Waals surface area contributed by atoms with E-state index in [4.69, 9.17) is 46.4 Å². The highest BCUT2D eigenvalue weighted by molar-refractivity contribution is 6.58. The normalized spacial score (nSPS) is 16.2. The molecule has 0 fully saturated rings. The molecule has 1 aliphatic rings. The number of benzene rings is 1. The summed E-state index contributed by atoms with van der Waals surface area (Å²) in [5.41, 5.74) is 0.340.